The maximum atomic E-state index is 12.4. The van der Waals surface area contributed by atoms with Gasteiger partial charge in [-0.1, -0.05) is 59.3 Å². The predicted octanol–water partition coefficient (Wildman–Crippen LogP) is 6.00. The summed E-state index contributed by atoms with van der Waals surface area (Å²) in [6.07, 6.45) is 1.60. The molecular weight excluding hydrogens is 364 g/mol. The third-order valence-corrected chi connectivity index (χ3v) is 5.14. The van der Waals surface area contributed by atoms with Crippen LogP contribution in [0, 0.1) is 25.2 Å². The standard InChI is InChI=1S/C24H20N2OS/c1-17-3-9-21(10-4-17)26-24(27)20(16-25)15-19-7-13-23(14-8-19)28-22-11-5-18(2)6-12-22/h3-15H,1-2H3,(H,26,27)/b20-15-. The Morgan fingerprint density at radius 1 is 0.857 bits per heavy atom. The van der Waals surface area contributed by atoms with E-state index in [0.717, 1.165) is 16.0 Å². The highest BCUT2D eigenvalue weighted by atomic mass is 32.2. The summed E-state index contributed by atoms with van der Waals surface area (Å²) < 4.78 is 0. The molecule has 0 spiro atoms. The molecule has 0 atom stereocenters. The summed E-state index contributed by atoms with van der Waals surface area (Å²) in [6.45, 7) is 4.05. The van der Waals surface area contributed by atoms with Crippen molar-refractivity contribution in [3.63, 3.8) is 0 Å². The summed E-state index contributed by atoms with van der Waals surface area (Å²) in [5.41, 5.74) is 3.89. The van der Waals surface area contributed by atoms with Crippen LogP contribution in [0.25, 0.3) is 6.08 Å². The number of anilines is 1. The van der Waals surface area contributed by atoms with Gasteiger partial charge in [0.15, 0.2) is 0 Å². The minimum atomic E-state index is -0.413. The Morgan fingerprint density at radius 3 is 1.89 bits per heavy atom. The summed E-state index contributed by atoms with van der Waals surface area (Å²) in [7, 11) is 0. The molecule has 0 unspecified atom stereocenters. The van der Waals surface area contributed by atoms with Crippen LogP contribution < -0.4 is 5.32 Å². The number of aryl methyl sites for hydroxylation is 2. The molecule has 0 saturated heterocycles. The fourth-order valence-electron chi connectivity index (χ4n) is 2.53. The summed E-state index contributed by atoms with van der Waals surface area (Å²) >= 11 is 1.67. The van der Waals surface area contributed by atoms with E-state index in [0.29, 0.717) is 5.69 Å². The van der Waals surface area contributed by atoms with Crippen molar-refractivity contribution >= 4 is 29.4 Å². The molecule has 0 aliphatic rings. The number of hydrogen-bond acceptors (Lipinski definition) is 3. The lowest BCUT2D eigenvalue weighted by molar-refractivity contribution is -0.112. The monoisotopic (exact) mass is 384 g/mol. The second-order valence-corrected chi connectivity index (χ2v) is 7.62. The van der Waals surface area contributed by atoms with Gasteiger partial charge in [-0.25, -0.2) is 0 Å². The van der Waals surface area contributed by atoms with Gasteiger partial charge in [0, 0.05) is 15.5 Å². The van der Waals surface area contributed by atoms with Gasteiger partial charge in [0.2, 0.25) is 0 Å². The molecule has 0 heterocycles. The van der Waals surface area contributed by atoms with Gasteiger partial charge in [0.25, 0.3) is 5.91 Å². The molecule has 0 aliphatic carbocycles. The number of nitrogens with zero attached hydrogens (tertiary/aromatic N) is 1. The van der Waals surface area contributed by atoms with E-state index in [2.05, 4.69) is 36.5 Å². The van der Waals surface area contributed by atoms with Crippen LogP contribution in [0.5, 0.6) is 0 Å². The van der Waals surface area contributed by atoms with Gasteiger partial charge in [0.1, 0.15) is 11.6 Å². The molecule has 3 nitrogen and oxygen atoms in total. The lowest BCUT2D eigenvalue weighted by atomic mass is 10.1. The van der Waals surface area contributed by atoms with Gasteiger partial charge in [0.05, 0.1) is 0 Å². The van der Waals surface area contributed by atoms with E-state index in [1.54, 1.807) is 17.8 Å². The SMILES string of the molecule is Cc1ccc(NC(=O)/C(C#N)=C\c2ccc(Sc3ccc(C)cc3)cc2)cc1. The van der Waals surface area contributed by atoms with Crippen LogP contribution in [-0.4, -0.2) is 5.91 Å². The Morgan fingerprint density at radius 2 is 1.36 bits per heavy atom. The Bertz CT molecular complexity index is 1030. The van der Waals surface area contributed by atoms with Crippen LogP contribution in [0.15, 0.2) is 88.2 Å². The Kier molecular flexibility index (Phi) is 6.31. The zero-order chi connectivity index (χ0) is 19.9. The van der Waals surface area contributed by atoms with Crippen molar-refractivity contribution in [2.75, 3.05) is 5.32 Å². The van der Waals surface area contributed by atoms with Crippen LogP contribution in [0.4, 0.5) is 5.69 Å². The Labute approximate surface area is 169 Å². The molecular formula is C24H20N2OS. The smallest absolute Gasteiger partial charge is 0.266 e. The second-order valence-electron chi connectivity index (χ2n) is 6.47. The summed E-state index contributed by atoms with van der Waals surface area (Å²) in [4.78, 5) is 14.6. The topological polar surface area (TPSA) is 52.9 Å². The Balaban J connectivity index is 1.69. The number of benzene rings is 3. The van der Waals surface area contributed by atoms with Crippen LogP contribution in [0.2, 0.25) is 0 Å². The first-order chi connectivity index (χ1) is 13.5. The van der Waals surface area contributed by atoms with Crippen molar-refractivity contribution < 1.29 is 4.79 Å². The van der Waals surface area contributed by atoms with Gasteiger partial charge in [-0.2, -0.15) is 5.26 Å². The minimum Gasteiger partial charge on any atom is -0.321 e. The van der Waals surface area contributed by atoms with Crippen molar-refractivity contribution in [1.29, 1.82) is 5.26 Å². The molecule has 1 N–H and O–H groups in total. The number of rotatable bonds is 5. The molecule has 3 aromatic carbocycles. The average Bonchev–Trinajstić information content (AvgIpc) is 2.71. The van der Waals surface area contributed by atoms with Crippen molar-refractivity contribution in [3.05, 3.63) is 95.1 Å². The van der Waals surface area contributed by atoms with Gasteiger partial charge >= 0.3 is 0 Å². The first-order valence-electron chi connectivity index (χ1n) is 8.88. The van der Waals surface area contributed by atoms with Crippen LogP contribution in [0.3, 0.4) is 0 Å². The Hall–Kier alpha value is -3.29. The average molecular weight is 385 g/mol. The third kappa shape index (κ3) is 5.35. The first kappa shape index (κ1) is 19.5. The molecule has 1 amide bonds. The largest absolute Gasteiger partial charge is 0.321 e. The highest BCUT2D eigenvalue weighted by Crippen LogP contribution is 2.28. The van der Waals surface area contributed by atoms with E-state index >= 15 is 0 Å². The molecule has 0 radical (unpaired) electrons. The van der Waals surface area contributed by atoms with Gasteiger partial charge in [-0.15, -0.1) is 0 Å². The molecule has 28 heavy (non-hydrogen) atoms. The van der Waals surface area contributed by atoms with Gasteiger partial charge in [-0.05, 0) is 61.9 Å². The quantitative estimate of drug-likeness (QED) is 0.433. The van der Waals surface area contributed by atoms with Crippen LogP contribution in [-0.2, 0) is 4.79 Å². The molecule has 0 aliphatic heterocycles. The van der Waals surface area contributed by atoms with Gasteiger partial charge < -0.3 is 5.32 Å². The third-order valence-electron chi connectivity index (χ3n) is 4.12. The van der Waals surface area contributed by atoms with E-state index in [-0.39, 0.29) is 5.57 Å². The second kappa shape index (κ2) is 9.07. The zero-order valence-electron chi connectivity index (χ0n) is 15.8. The molecule has 3 rings (SSSR count). The lowest BCUT2D eigenvalue weighted by Gasteiger charge is -2.05. The van der Waals surface area contributed by atoms with Crippen molar-refractivity contribution in [3.8, 4) is 6.07 Å². The lowest BCUT2D eigenvalue weighted by Crippen LogP contribution is -2.13. The predicted molar refractivity (Wildman–Crippen MR) is 115 cm³/mol. The fourth-order valence-corrected chi connectivity index (χ4v) is 3.34. The van der Waals surface area contributed by atoms with E-state index in [1.807, 2.05) is 61.5 Å². The van der Waals surface area contributed by atoms with E-state index in [1.165, 1.54) is 10.5 Å². The number of amides is 1. The summed E-state index contributed by atoms with van der Waals surface area (Å²) in [6, 6.07) is 25.6. The first-order valence-corrected chi connectivity index (χ1v) is 9.69. The van der Waals surface area contributed by atoms with E-state index < -0.39 is 5.91 Å². The fraction of sp³-hybridized carbons (Fsp3) is 0.0833. The van der Waals surface area contributed by atoms with Crippen LogP contribution >= 0.6 is 11.8 Å². The van der Waals surface area contributed by atoms with Crippen molar-refractivity contribution in [1.82, 2.24) is 0 Å². The normalized spacial score (nSPS) is 11.0. The number of carbonyl (C=O) groups is 1. The maximum Gasteiger partial charge on any atom is 0.266 e. The van der Waals surface area contributed by atoms with Crippen LogP contribution in [0.1, 0.15) is 16.7 Å². The summed E-state index contributed by atoms with van der Waals surface area (Å²) in [5.74, 6) is -0.413. The molecule has 3 aromatic rings. The molecule has 4 heteroatoms. The van der Waals surface area contributed by atoms with E-state index in [9.17, 15) is 10.1 Å². The summed E-state index contributed by atoms with van der Waals surface area (Å²) in [5, 5.41) is 12.1. The molecule has 0 saturated carbocycles. The molecule has 0 bridgehead atoms. The molecule has 0 aromatic heterocycles. The van der Waals surface area contributed by atoms with E-state index in [4.69, 9.17) is 0 Å². The highest BCUT2D eigenvalue weighted by Gasteiger charge is 2.09. The number of hydrogen-bond donors (Lipinski definition) is 1. The molecule has 0 fully saturated rings. The highest BCUT2D eigenvalue weighted by molar-refractivity contribution is 7.99. The van der Waals surface area contributed by atoms with Gasteiger partial charge in [-0.3, -0.25) is 4.79 Å². The van der Waals surface area contributed by atoms with Crippen molar-refractivity contribution in [2.45, 2.75) is 23.6 Å². The number of nitrogens with one attached hydrogen (secondary N) is 1. The number of nitriles is 1. The zero-order valence-corrected chi connectivity index (χ0v) is 16.6. The minimum absolute atomic E-state index is 0.0690. The number of carbonyl (C=O) groups excluding carboxylic acids is 1. The van der Waals surface area contributed by atoms with Crippen molar-refractivity contribution in [2.24, 2.45) is 0 Å². The molecule has 138 valence electrons. The maximum absolute atomic E-state index is 12.4.